The number of hydrogen-bond donors (Lipinski definition) is 4. The predicted octanol–water partition coefficient (Wildman–Crippen LogP) is -0.667. The first-order valence-electron chi connectivity index (χ1n) is 6.14. The number of fused-ring (bicyclic) bond motifs is 1. The lowest BCUT2D eigenvalue weighted by molar-refractivity contribution is 0.290. The lowest BCUT2D eigenvalue weighted by Gasteiger charge is -2.30. The van der Waals surface area contributed by atoms with Gasteiger partial charge in [-0.2, -0.15) is 0 Å². The van der Waals surface area contributed by atoms with E-state index in [1.807, 2.05) is 0 Å². The molecule has 1 aliphatic heterocycles. The highest BCUT2D eigenvalue weighted by Gasteiger charge is 2.35. The van der Waals surface area contributed by atoms with Crippen molar-refractivity contribution in [2.24, 2.45) is 5.92 Å². The molecule has 3 atom stereocenters. The highest BCUT2D eigenvalue weighted by Crippen LogP contribution is 2.27. The van der Waals surface area contributed by atoms with Crippen molar-refractivity contribution >= 4 is 10.0 Å². The first kappa shape index (κ1) is 12.1. The van der Waals surface area contributed by atoms with Crippen molar-refractivity contribution < 1.29 is 8.42 Å². The Kier molecular flexibility index (Phi) is 3.10. The van der Waals surface area contributed by atoms with Gasteiger partial charge in [0.1, 0.15) is 0 Å². The maximum absolute atomic E-state index is 12.0. The molecule has 0 bridgehead atoms. The van der Waals surface area contributed by atoms with E-state index in [2.05, 4.69) is 25.5 Å². The number of sulfonamides is 1. The summed E-state index contributed by atoms with van der Waals surface area (Å²) in [5, 5.41) is 0.132. The number of aromatic nitrogens is 2. The molecule has 3 unspecified atom stereocenters. The quantitative estimate of drug-likeness (QED) is 0.584. The molecule has 2 heterocycles. The van der Waals surface area contributed by atoms with Crippen LogP contribution in [0.15, 0.2) is 17.6 Å². The van der Waals surface area contributed by atoms with Crippen molar-refractivity contribution in [3.8, 4) is 0 Å². The normalized spacial score (nSPS) is 32.3. The van der Waals surface area contributed by atoms with Gasteiger partial charge < -0.3 is 4.98 Å². The Hall–Kier alpha value is -0.960. The Morgan fingerprint density at radius 3 is 3.06 bits per heavy atom. The zero-order valence-electron chi connectivity index (χ0n) is 9.89. The van der Waals surface area contributed by atoms with Crippen LogP contribution in [-0.2, 0) is 10.0 Å². The third-order valence-electron chi connectivity index (χ3n) is 3.72. The minimum atomic E-state index is -3.45. The smallest absolute Gasteiger partial charge is 0.257 e. The molecule has 1 saturated heterocycles. The SMILES string of the molecule is O=S(=O)(NC1CCC2NNCC2C1)c1cnc[nH]1. The summed E-state index contributed by atoms with van der Waals surface area (Å²) in [6.45, 7) is 0.910. The van der Waals surface area contributed by atoms with E-state index in [0.717, 1.165) is 25.8 Å². The van der Waals surface area contributed by atoms with Crippen LogP contribution in [0.3, 0.4) is 0 Å². The molecule has 0 amide bonds. The van der Waals surface area contributed by atoms with Gasteiger partial charge in [-0.3, -0.25) is 10.9 Å². The first-order chi connectivity index (χ1) is 8.65. The molecule has 18 heavy (non-hydrogen) atoms. The maximum Gasteiger partial charge on any atom is 0.257 e. The second-order valence-corrected chi connectivity index (χ2v) is 6.62. The van der Waals surface area contributed by atoms with Crippen LogP contribution in [0.5, 0.6) is 0 Å². The van der Waals surface area contributed by atoms with Crippen LogP contribution in [0, 0.1) is 5.92 Å². The van der Waals surface area contributed by atoms with E-state index < -0.39 is 10.0 Å². The summed E-state index contributed by atoms with van der Waals surface area (Å²) < 4.78 is 26.8. The fourth-order valence-electron chi connectivity index (χ4n) is 2.78. The number of imidazole rings is 1. The number of aromatic amines is 1. The second-order valence-electron chi connectivity index (χ2n) is 4.94. The summed E-state index contributed by atoms with van der Waals surface area (Å²) in [4.78, 5) is 6.37. The van der Waals surface area contributed by atoms with E-state index in [1.165, 1.54) is 12.5 Å². The van der Waals surface area contributed by atoms with Crippen LogP contribution in [0.4, 0.5) is 0 Å². The summed E-state index contributed by atoms with van der Waals surface area (Å²) >= 11 is 0. The third-order valence-corrected chi connectivity index (χ3v) is 5.16. The molecule has 1 aromatic rings. The molecule has 4 N–H and O–H groups in total. The predicted molar refractivity (Wildman–Crippen MR) is 65.0 cm³/mol. The average Bonchev–Trinajstić information content (AvgIpc) is 2.99. The van der Waals surface area contributed by atoms with E-state index >= 15 is 0 Å². The van der Waals surface area contributed by atoms with Crippen molar-refractivity contribution in [1.82, 2.24) is 25.5 Å². The minimum absolute atomic E-state index is 0.0150. The summed E-state index contributed by atoms with van der Waals surface area (Å²) in [6, 6.07) is 0.499. The molecular weight excluding hydrogens is 254 g/mol. The summed E-state index contributed by atoms with van der Waals surface area (Å²) in [5.41, 5.74) is 6.36. The minimum Gasteiger partial charge on any atom is -0.335 e. The molecule has 0 aromatic carbocycles. The zero-order valence-corrected chi connectivity index (χ0v) is 10.7. The van der Waals surface area contributed by atoms with Gasteiger partial charge >= 0.3 is 0 Å². The van der Waals surface area contributed by atoms with Crippen LogP contribution < -0.4 is 15.6 Å². The molecule has 7 nitrogen and oxygen atoms in total. The van der Waals surface area contributed by atoms with Crippen LogP contribution in [-0.4, -0.2) is 37.0 Å². The number of nitrogens with zero attached hydrogens (tertiary/aromatic N) is 1. The monoisotopic (exact) mass is 271 g/mol. The molecule has 2 fully saturated rings. The van der Waals surface area contributed by atoms with Crippen molar-refractivity contribution in [3.63, 3.8) is 0 Å². The van der Waals surface area contributed by atoms with Gasteiger partial charge in [0.05, 0.1) is 12.5 Å². The van der Waals surface area contributed by atoms with Gasteiger partial charge in [0, 0.05) is 18.6 Å². The number of H-pyrrole nitrogens is 1. The van der Waals surface area contributed by atoms with Gasteiger partial charge in [0.25, 0.3) is 10.0 Å². The number of rotatable bonds is 3. The molecule has 0 radical (unpaired) electrons. The Morgan fingerprint density at radius 1 is 1.39 bits per heavy atom. The molecular formula is C10H17N5O2S. The van der Waals surface area contributed by atoms with Gasteiger partial charge in [-0.05, 0) is 25.2 Å². The lowest BCUT2D eigenvalue weighted by atomic mass is 9.83. The average molecular weight is 271 g/mol. The number of nitrogens with one attached hydrogen (secondary N) is 4. The van der Waals surface area contributed by atoms with E-state index in [0.29, 0.717) is 12.0 Å². The van der Waals surface area contributed by atoms with Crippen LogP contribution in [0.2, 0.25) is 0 Å². The topological polar surface area (TPSA) is 98.9 Å². The van der Waals surface area contributed by atoms with E-state index in [-0.39, 0.29) is 11.1 Å². The largest absolute Gasteiger partial charge is 0.335 e. The molecule has 8 heteroatoms. The zero-order chi connectivity index (χ0) is 12.6. The second kappa shape index (κ2) is 4.61. The van der Waals surface area contributed by atoms with E-state index in [4.69, 9.17) is 0 Å². The van der Waals surface area contributed by atoms with E-state index in [9.17, 15) is 8.42 Å². The lowest BCUT2D eigenvalue weighted by Crippen LogP contribution is -2.44. The highest BCUT2D eigenvalue weighted by atomic mass is 32.2. The first-order valence-corrected chi connectivity index (χ1v) is 7.62. The number of hydrazine groups is 1. The van der Waals surface area contributed by atoms with Gasteiger partial charge in [-0.1, -0.05) is 0 Å². The van der Waals surface area contributed by atoms with Gasteiger partial charge in [0.2, 0.25) is 0 Å². The van der Waals surface area contributed by atoms with Gasteiger partial charge in [-0.15, -0.1) is 0 Å². The molecule has 3 rings (SSSR count). The summed E-state index contributed by atoms with van der Waals surface area (Å²) in [5.74, 6) is 0.508. The van der Waals surface area contributed by atoms with Gasteiger partial charge in [-0.25, -0.2) is 18.1 Å². The van der Waals surface area contributed by atoms with Crippen LogP contribution in [0.25, 0.3) is 0 Å². The Balaban J connectivity index is 1.67. The third kappa shape index (κ3) is 2.28. The van der Waals surface area contributed by atoms with Crippen molar-refractivity contribution in [2.75, 3.05) is 6.54 Å². The number of hydrogen-bond acceptors (Lipinski definition) is 5. The molecule has 1 aliphatic carbocycles. The van der Waals surface area contributed by atoms with Crippen molar-refractivity contribution in [2.45, 2.75) is 36.4 Å². The Bertz CT molecular complexity index is 500. The highest BCUT2D eigenvalue weighted by molar-refractivity contribution is 7.89. The van der Waals surface area contributed by atoms with Gasteiger partial charge in [0.15, 0.2) is 5.03 Å². The standard InChI is InChI=1S/C10H17N5O2S/c16-18(17,10-5-11-6-12-10)15-8-1-2-9-7(3-8)4-13-14-9/h5-9,13-15H,1-4H2,(H,11,12). The fourth-order valence-corrected chi connectivity index (χ4v) is 3.97. The maximum atomic E-state index is 12.0. The summed E-state index contributed by atoms with van der Waals surface area (Å²) in [6.07, 6.45) is 5.43. The van der Waals surface area contributed by atoms with Crippen molar-refractivity contribution in [1.29, 1.82) is 0 Å². The van der Waals surface area contributed by atoms with Crippen molar-refractivity contribution in [3.05, 3.63) is 12.5 Å². The molecule has 0 spiro atoms. The molecule has 2 aliphatic rings. The van der Waals surface area contributed by atoms with Crippen LogP contribution >= 0.6 is 0 Å². The summed E-state index contributed by atoms with van der Waals surface area (Å²) in [7, 11) is -3.45. The van der Waals surface area contributed by atoms with E-state index in [1.54, 1.807) is 0 Å². The molecule has 1 aromatic heterocycles. The Morgan fingerprint density at radius 2 is 2.28 bits per heavy atom. The van der Waals surface area contributed by atoms with Crippen LogP contribution in [0.1, 0.15) is 19.3 Å². The molecule has 1 saturated carbocycles. The Labute approximate surface area is 106 Å². The fraction of sp³-hybridized carbons (Fsp3) is 0.700. The molecule has 100 valence electrons.